The van der Waals surface area contributed by atoms with E-state index in [1.54, 1.807) is 43.6 Å². The van der Waals surface area contributed by atoms with E-state index in [4.69, 9.17) is 16.3 Å². The van der Waals surface area contributed by atoms with Gasteiger partial charge < -0.3 is 4.74 Å². The fourth-order valence-electron chi connectivity index (χ4n) is 1.96. The maximum absolute atomic E-state index is 12.2. The molecule has 0 aliphatic rings. The summed E-state index contributed by atoms with van der Waals surface area (Å²) in [4.78, 5) is 20.7. The van der Waals surface area contributed by atoms with Crippen LogP contribution in [0.2, 0.25) is 5.02 Å². The number of anilines is 1. The van der Waals surface area contributed by atoms with Gasteiger partial charge in [-0.1, -0.05) is 11.6 Å². The Hall–Kier alpha value is -2.44. The summed E-state index contributed by atoms with van der Waals surface area (Å²) in [5, 5.41) is 5.77. The molecule has 1 unspecified atom stereocenters. The van der Waals surface area contributed by atoms with Crippen molar-refractivity contribution in [3.05, 3.63) is 59.2 Å². The number of hydrogen-bond donors (Lipinski definition) is 1. The van der Waals surface area contributed by atoms with E-state index in [9.17, 15) is 4.79 Å². The lowest BCUT2D eigenvalue weighted by atomic mass is 10.2. The van der Waals surface area contributed by atoms with Crippen molar-refractivity contribution in [2.24, 2.45) is 0 Å². The molecular formula is C17H14ClN3O2S. The summed E-state index contributed by atoms with van der Waals surface area (Å²) in [5.74, 6) is 0.314. The van der Waals surface area contributed by atoms with Crippen molar-refractivity contribution >= 4 is 34.0 Å². The van der Waals surface area contributed by atoms with E-state index in [1.807, 2.05) is 17.5 Å². The molecule has 0 fully saturated rings. The average Bonchev–Trinajstić information content (AvgIpc) is 3.06. The van der Waals surface area contributed by atoms with Crippen LogP contribution in [0.4, 0.5) is 5.13 Å². The van der Waals surface area contributed by atoms with E-state index < -0.39 is 6.10 Å². The first kappa shape index (κ1) is 16.4. The molecule has 7 heteroatoms. The molecule has 2 aromatic heterocycles. The van der Waals surface area contributed by atoms with Crippen molar-refractivity contribution in [1.82, 2.24) is 9.97 Å². The van der Waals surface area contributed by atoms with Gasteiger partial charge in [-0.2, -0.15) is 0 Å². The maximum Gasteiger partial charge on any atom is 0.266 e. The zero-order valence-corrected chi connectivity index (χ0v) is 14.3. The predicted molar refractivity (Wildman–Crippen MR) is 95.5 cm³/mol. The summed E-state index contributed by atoms with van der Waals surface area (Å²) < 4.78 is 5.59. The highest BCUT2D eigenvalue weighted by Gasteiger charge is 2.16. The van der Waals surface area contributed by atoms with Crippen LogP contribution in [0.5, 0.6) is 5.75 Å². The molecule has 1 atom stereocenters. The molecule has 2 heterocycles. The number of ether oxygens (including phenoxy) is 1. The fraction of sp³-hybridized carbons (Fsp3) is 0.118. The number of hydrogen-bond acceptors (Lipinski definition) is 5. The molecule has 1 aromatic carbocycles. The number of nitrogens with zero attached hydrogens (tertiary/aromatic N) is 2. The van der Waals surface area contributed by atoms with Gasteiger partial charge >= 0.3 is 0 Å². The molecular weight excluding hydrogens is 346 g/mol. The zero-order chi connectivity index (χ0) is 16.9. The lowest BCUT2D eigenvalue weighted by Crippen LogP contribution is -2.30. The molecule has 3 aromatic rings. The molecule has 0 saturated carbocycles. The van der Waals surface area contributed by atoms with E-state index in [-0.39, 0.29) is 5.91 Å². The highest BCUT2D eigenvalue weighted by molar-refractivity contribution is 7.14. The number of benzene rings is 1. The van der Waals surface area contributed by atoms with Crippen LogP contribution < -0.4 is 10.1 Å². The van der Waals surface area contributed by atoms with Gasteiger partial charge in [0.15, 0.2) is 11.2 Å². The van der Waals surface area contributed by atoms with Gasteiger partial charge in [0.1, 0.15) is 5.75 Å². The molecule has 24 heavy (non-hydrogen) atoms. The molecule has 122 valence electrons. The minimum Gasteiger partial charge on any atom is -0.481 e. The number of amides is 1. The molecule has 0 bridgehead atoms. The number of rotatable bonds is 5. The Balaban J connectivity index is 1.62. The molecule has 5 nitrogen and oxygen atoms in total. The number of carbonyl (C=O) groups is 1. The first-order valence-corrected chi connectivity index (χ1v) is 8.46. The zero-order valence-electron chi connectivity index (χ0n) is 12.8. The Morgan fingerprint density at radius 1 is 1.29 bits per heavy atom. The van der Waals surface area contributed by atoms with Crippen molar-refractivity contribution in [3.8, 4) is 17.0 Å². The topological polar surface area (TPSA) is 64.1 Å². The fourth-order valence-corrected chi connectivity index (χ4v) is 2.80. The quantitative estimate of drug-likeness (QED) is 0.739. The highest BCUT2D eigenvalue weighted by atomic mass is 35.5. The van der Waals surface area contributed by atoms with Gasteiger partial charge in [0.05, 0.1) is 5.69 Å². The largest absolute Gasteiger partial charge is 0.481 e. The third kappa shape index (κ3) is 4.10. The van der Waals surface area contributed by atoms with Crippen LogP contribution in [0.3, 0.4) is 0 Å². The molecule has 0 aliphatic heterocycles. The third-order valence-corrected chi connectivity index (χ3v) is 4.20. The van der Waals surface area contributed by atoms with E-state index in [2.05, 4.69) is 15.3 Å². The second-order valence-electron chi connectivity index (χ2n) is 4.98. The van der Waals surface area contributed by atoms with Crippen LogP contribution >= 0.6 is 22.9 Å². The Morgan fingerprint density at radius 2 is 2.08 bits per heavy atom. The SMILES string of the molecule is CC(Oc1ccc(Cl)cc1)C(=O)Nc1nc(-c2cccnc2)cs1. The lowest BCUT2D eigenvalue weighted by molar-refractivity contribution is -0.122. The van der Waals surface area contributed by atoms with Crippen LogP contribution in [0.1, 0.15) is 6.92 Å². The minimum atomic E-state index is -0.656. The summed E-state index contributed by atoms with van der Waals surface area (Å²) in [6, 6.07) is 10.6. The molecule has 3 rings (SSSR count). The maximum atomic E-state index is 12.2. The smallest absolute Gasteiger partial charge is 0.266 e. The second-order valence-corrected chi connectivity index (χ2v) is 6.28. The molecule has 0 radical (unpaired) electrons. The van der Waals surface area contributed by atoms with Crippen molar-refractivity contribution in [2.45, 2.75) is 13.0 Å². The Bertz CT molecular complexity index is 821. The van der Waals surface area contributed by atoms with Crippen molar-refractivity contribution in [3.63, 3.8) is 0 Å². The van der Waals surface area contributed by atoms with Crippen molar-refractivity contribution in [2.75, 3.05) is 5.32 Å². The van der Waals surface area contributed by atoms with E-state index in [0.29, 0.717) is 15.9 Å². The Morgan fingerprint density at radius 3 is 2.79 bits per heavy atom. The number of nitrogens with one attached hydrogen (secondary N) is 1. The summed E-state index contributed by atoms with van der Waals surface area (Å²) in [7, 11) is 0. The lowest BCUT2D eigenvalue weighted by Gasteiger charge is -2.13. The second kappa shape index (κ2) is 7.42. The number of thiazole rings is 1. The molecule has 0 spiro atoms. The Kier molecular flexibility index (Phi) is 5.08. The standard InChI is InChI=1S/C17H14ClN3O2S/c1-11(23-14-6-4-13(18)5-7-14)16(22)21-17-20-15(10-24-17)12-3-2-8-19-9-12/h2-11H,1H3,(H,20,21,22). The predicted octanol–water partition coefficient (Wildman–Crippen LogP) is 4.26. The monoisotopic (exact) mass is 359 g/mol. The average molecular weight is 360 g/mol. The van der Waals surface area contributed by atoms with E-state index >= 15 is 0 Å². The summed E-state index contributed by atoms with van der Waals surface area (Å²) in [6.45, 7) is 1.68. The van der Waals surface area contributed by atoms with Crippen LogP contribution in [0.25, 0.3) is 11.3 Å². The molecule has 1 amide bonds. The van der Waals surface area contributed by atoms with Crippen LogP contribution in [0.15, 0.2) is 54.2 Å². The van der Waals surface area contributed by atoms with Gasteiger partial charge in [-0.05, 0) is 43.3 Å². The minimum absolute atomic E-state index is 0.267. The summed E-state index contributed by atoms with van der Waals surface area (Å²) >= 11 is 7.18. The van der Waals surface area contributed by atoms with Gasteiger partial charge in [0, 0.05) is 28.4 Å². The number of halogens is 1. The van der Waals surface area contributed by atoms with Gasteiger partial charge in [-0.3, -0.25) is 15.1 Å². The third-order valence-electron chi connectivity index (χ3n) is 3.19. The number of aromatic nitrogens is 2. The Labute approximate surface area is 148 Å². The van der Waals surface area contributed by atoms with Gasteiger partial charge in [-0.15, -0.1) is 11.3 Å². The number of carbonyl (C=O) groups excluding carboxylic acids is 1. The van der Waals surface area contributed by atoms with Crippen molar-refractivity contribution in [1.29, 1.82) is 0 Å². The van der Waals surface area contributed by atoms with Crippen LogP contribution in [-0.4, -0.2) is 22.0 Å². The first-order chi connectivity index (χ1) is 11.6. The van der Waals surface area contributed by atoms with E-state index in [0.717, 1.165) is 11.3 Å². The molecule has 0 saturated heterocycles. The summed E-state index contributed by atoms with van der Waals surface area (Å²) in [6.07, 6.45) is 2.78. The first-order valence-electron chi connectivity index (χ1n) is 7.21. The van der Waals surface area contributed by atoms with Gasteiger partial charge in [0.2, 0.25) is 0 Å². The number of pyridine rings is 1. The normalized spacial score (nSPS) is 11.8. The van der Waals surface area contributed by atoms with Crippen molar-refractivity contribution < 1.29 is 9.53 Å². The van der Waals surface area contributed by atoms with E-state index in [1.165, 1.54) is 11.3 Å². The summed E-state index contributed by atoms with van der Waals surface area (Å²) in [5.41, 5.74) is 1.68. The van der Waals surface area contributed by atoms with Crippen LogP contribution in [-0.2, 0) is 4.79 Å². The highest BCUT2D eigenvalue weighted by Crippen LogP contribution is 2.24. The molecule has 1 N–H and O–H groups in total. The van der Waals surface area contributed by atoms with Gasteiger partial charge in [-0.25, -0.2) is 4.98 Å². The molecule has 0 aliphatic carbocycles. The van der Waals surface area contributed by atoms with Gasteiger partial charge in [0.25, 0.3) is 5.91 Å². The van der Waals surface area contributed by atoms with Crippen LogP contribution in [0, 0.1) is 0 Å².